The highest BCUT2D eigenvalue weighted by atomic mass is 31.2. The molecule has 0 aliphatic carbocycles. The second-order valence-electron chi connectivity index (χ2n) is 12.8. The van der Waals surface area contributed by atoms with Gasteiger partial charge in [-0.1, -0.05) is 134 Å². The number of ether oxygens (including phenoxy) is 2. The summed E-state index contributed by atoms with van der Waals surface area (Å²) in [6.45, 7) is 5.84. The number of imidazole rings is 1. The fourth-order valence-electron chi connectivity index (χ4n) is 5.61. The van der Waals surface area contributed by atoms with Gasteiger partial charge in [-0.3, -0.25) is 4.57 Å². The standard InChI is InChI=1S/C36H61N6O5P/c1-3-4-5-6-7-8-9-10-11-12-13-14-15-16-17-21-24-44-25-26-46-48(43,47-28-32-22-19-18-20-23-32)30-45-31(2)27-42-29-39-33-34(37)40-36(38)41-35(33)42/h18-20,22-23,29,31H,3-17,21,24-28,30H2,1-2H3,(H4,37,38,40,41)/t31-,48?/m1/s1. The maximum atomic E-state index is 13.7. The molecule has 3 rings (SSSR count). The maximum Gasteiger partial charge on any atom is 0.356 e. The first-order chi connectivity index (χ1) is 23.4. The van der Waals surface area contributed by atoms with Crippen molar-refractivity contribution < 1.29 is 23.1 Å². The highest BCUT2D eigenvalue weighted by molar-refractivity contribution is 7.53. The van der Waals surface area contributed by atoms with Gasteiger partial charge in [-0.2, -0.15) is 9.97 Å². The van der Waals surface area contributed by atoms with Crippen molar-refractivity contribution in [2.24, 2.45) is 0 Å². The number of fused-ring (bicyclic) bond motifs is 1. The summed E-state index contributed by atoms with van der Waals surface area (Å²) in [6.07, 6.45) is 22.5. The van der Waals surface area contributed by atoms with Gasteiger partial charge in [0.1, 0.15) is 11.9 Å². The second-order valence-corrected chi connectivity index (χ2v) is 14.8. The Labute approximate surface area is 288 Å². The first-order valence-corrected chi connectivity index (χ1v) is 20.0. The summed E-state index contributed by atoms with van der Waals surface area (Å²) in [5, 5.41) is 0. The summed E-state index contributed by atoms with van der Waals surface area (Å²) >= 11 is 0. The molecule has 0 bridgehead atoms. The first-order valence-electron chi connectivity index (χ1n) is 18.3. The van der Waals surface area contributed by atoms with Gasteiger partial charge in [0.05, 0.1) is 38.8 Å². The number of benzene rings is 1. The minimum atomic E-state index is -3.58. The van der Waals surface area contributed by atoms with E-state index in [2.05, 4.69) is 21.9 Å². The highest BCUT2D eigenvalue weighted by Gasteiger charge is 2.27. The van der Waals surface area contributed by atoms with E-state index in [0.29, 0.717) is 30.9 Å². The molecule has 0 amide bonds. The minimum absolute atomic E-state index is 0.0690. The zero-order chi connectivity index (χ0) is 34.3. The molecule has 0 aliphatic heterocycles. The van der Waals surface area contributed by atoms with Gasteiger partial charge < -0.3 is 34.6 Å². The summed E-state index contributed by atoms with van der Waals surface area (Å²) < 4.78 is 38.8. The quantitative estimate of drug-likeness (QED) is 0.0534. The van der Waals surface area contributed by atoms with Crippen molar-refractivity contribution in [3.05, 3.63) is 42.2 Å². The number of hydrogen-bond acceptors (Lipinski definition) is 10. The molecule has 11 nitrogen and oxygen atoms in total. The smallest absolute Gasteiger partial charge is 0.356 e. The fraction of sp³-hybridized carbons (Fsp3) is 0.694. The van der Waals surface area contributed by atoms with Crippen molar-refractivity contribution in [1.29, 1.82) is 0 Å². The Hall–Kier alpha value is -2.56. The van der Waals surface area contributed by atoms with Crippen LogP contribution in [0.1, 0.15) is 122 Å². The average molecular weight is 689 g/mol. The highest BCUT2D eigenvalue weighted by Crippen LogP contribution is 2.49. The number of nitrogen functional groups attached to an aromatic ring is 2. The van der Waals surface area contributed by atoms with Crippen molar-refractivity contribution in [2.45, 2.75) is 136 Å². The topological polar surface area (TPSA) is 150 Å². The van der Waals surface area contributed by atoms with Crippen LogP contribution in [0, 0.1) is 0 Å². The van der Waals surface area contributed by atoms with Crippen molar-refractivity contribution in [3.63, 3.8) is 0 Å². The Balaban J connectivity index is 1.27. The van der Waals surface area contributed by atoms with Gasteiger partial charge in [-0.05, 0) is 18.9 Å². The molecule has 270 valence electrons. The van der Waals surface area contributed by atoms with Gasteiger partial charge in [0, 0.05) is 6.61 Å². The van der Waals surface area contributed by atoms with Crippen LogP contribution >= 0.6 is 7.60 Å². The molecular weight excluding hydrogens is 627 g/mol. The van der Waals surface area contributed by atoms with Crippen LogP contribution in [-0.4, -0.2) is 51.8 Å². The summed E-state index contributed by atoms with van der Waals surface area (Å²) in [4.78, 5) is 12.5. The summed E-state index contributed by atoms with van der Waals surface area (Å²) in [6, 6.07) is 9.58. The van der Waals surface area contributed by atoms with Crippen LogP contribution in [0.3, 0.4) is 0 Å². The van der Waals surface area contributed by atoms with E-state index in [1.54, 1.807) is 10.9 Å². The monoisotopic (exact) mass is 688 g/mol. The van der Waals surface area contributed by atoms with Gasteiger partial charge in [0.15, 0.2) is 11.5 Å². The van der Waals surface area contributed by atoms with Crippen molar-refractivity contribution in [3.8, 4) is 0 Å². The molecule has 0 saturated heterocycles. The van der Waals surface area contributed by atoms with E-state index in [0.717, 1.165) is 12.0 Å². The maximum absolute atomic E-state index is 13.7. The Kier molecular flexibility index (Phi) is 19.7. The van der Waals surface area contributed by atoms with Crippen LogP contribution < -0.4 is 11.5 Å². The van der Waals surface area contributed by atoms with E-state index in [1.165, 1.54) is 96.3 Å². The third-order valence-electron chi connectivity index (χ3n) is 8.41. The van der Waals surface area contributed by atoms with Crippen LogP contribution in [0.15, 0.2) is 36.7 Å². The lowest BCUT2D eigenvalue weighted by Gasteiger charge is -2.21. The molecule has 0 fully saturated rings. The second kappa shape index (κ2) is 23.7. The van der Waals surface area contributed by atoms with Gasteiger partial charge in [-0.15, -0.1) is 0 Å². The molecule has 3 aromatic rings. The SMILES string of the molecule is CCCCCCCCCCCCCCCCCCOCCOP(=O)(CO[C@H](C)Cn1cnc2c(N)nc(N)nc21)OCc1ccccc1. The predicted octanol–water partition coefficient (Wildman–Crippen LogP) is 9.06. The molecule has 1 aromatic carbocycles. The van der Waals surface area contributed by atoms with E-state index in [9.17, 15) is 4.57 Å². The molecular formula is C36H61N6O5P. The van der Waals surface area contributed by atoms with E-state index < -0.39 is 7.60 Å². The first kappa shape index (κ1) is 39.9. The number of rotatable bonds is 29. The molecule has 2 aromatic heterocycles. The molecule has 48 heavy (non-hydrogen) atoms. The molecule has 0 saturated carbocycles. The molecule has 2 atom stereocenters. The van der Waals surface area contributed by atoms with Gasteiger partial charge in [0.25, 0.3) is 0 Å². The van der Waals surface area contributed by atoms with Crippen molar-refractivity contribution in [2.75, 3.05) is 37.6 Å². The summed E-state index contributed by atoms with van der Waals surface area (Å²) in [5.74, 6) is 0.286. The molecule has 0 radical (unpaired) electrons. The van der Waals surface area contributed by atoms with E-state index in [-0.39, 0.29) is 37.4 Å². The normalized spacial score (nSPS) is 13.6. The lowest BCUT2D eigenvalue weighted by molar-refractivity contribution is 0.0530. The third kappa shape index (κ3) is 16.2. The van der Waals surface area contributed by atoms with Crippen LogP contribution in [0.2, 0.25) is 0 Å². The van der Waals surface area contributed by atoms with Crippen molar-refractivity contribution >= 4 is 30.5 Å². The fourth-order valence-corrected chi connectivity index (χ4v) is 6.97. The van der Waals surface area contributed by atoms with Crippen LogP contribution in [0.4, 0.5) is 11.8 Å². The number of nitrogens with zero attached hydrogens (tertiary/aromatic N) is 4. The number of aromatic nitrogens is 4. The zero-order valence-corrected chi connectivity index (χ0v) is 30.4. The van der Waals surface area contributed by atoms with Crippen molar-refractivity contribution in [1.82, 2.24) is 19.5 Å². The summed E-state index contributed by atoms with van der Waals surface area (Å²) in [5.41, 5.74) is 13.6. The van der Waals surface area contributed by atoms with E-state index in [4.69, 9.17) is 30.0 Å². The van der Waals surface area contributed by atoms with Gasteiger partial charge in [-0.25, -0.2) is 4.98 Å². The zero-order valence-electron chi connectivity index (χ0n) is 29.5. The predicted molar refractivity (Wildman–Crippen MR) is 195 cm³/mol. The van der Waals surface area contributed by atoms with Gasteiger partial charge in [0.2, 0.25) is 5.95 Å². The van der Waals surface area contributed by atoms with Crippen LogP contribution in [-0.2, 0) is 36.2 Å². The Bertz CT molecular complexity index is 1310. The third-order valence-corrected chi connectivity index (χ3v) is 9.97. The number of anilines is 2. The van der Waals surface area contributed by atoms with E-state index >= 15 is 0 Å². The van der Waals surface area contributed by atoms with Crippen LogP contribution in [0.25, 0.3) is 11.2 Å². The van der Waals surface area contributed by atoms with E-state index in [1.807, 2.05) is 37.3 Å². The number of nitrogens with two attached hydrogens (primary N) is 2. The molecule has 0 aliphatic rings. The summed E-state index contributed by atoms with van der Waals surface area (Å²) in [7, 11) is -3.58. The lowest BCUT2D eigenvalue weighted by atomic mass is 10.0. The average Bonchev–Trinajstić information content (AvgIpc) is 3.48. The molecule has 2 heterocycles. The largest absolute Gasteiger partial charge is 0.382 e. The molecule has 0 spiro atoms. The lowest BCUT2D eigenvalue weighted by Crippen LogP contribution is -2.19. The number of unbranched alkanes of at least 4 members (excludes halogenated alkanes) is 15. The Morgan fingerprint density at radius 1 is 0.771 bits per heavy atom. The molecule has 1 unspecified atom stereocenters. The molecule has 12 heteroatoms. The van der Waals surface area contributed by atoms with Crippen LogP contribution in [0.5, 0.6) is 0 Å². The Morgan fingerprint density at radius 3 is 2.00 bits per heavy atom. The number of hydrogen-bond donors (Lipinski definition) is 2. The van der Waals surface area contributed by atoms with Gasteiger partial charge >= 0.3 is 7.60 Å². The Morgan fingerprint density at radius 2 is 1.38 bits per heavy atom. The minimum Gasteiger partial charge on any atom is -0.382 e. The molecule has 4 N–H and O–H groups in total.